The van der Waals surface area contributed by atoms with Gasteiger partial charge in [-0.1, -0.05) is 37.3 Å². The van der Waals surface area contributed by atoms with E-state index in [9.17, 15) is 14.7 Å². The highest BCUT2D eigenvalue weighted by Crippen LogP contribution is 2.27. The first-order valence-corrected chi connectivity index (χ1v) is 8.27. The smallest absolute Gasteiger partial charge is 0.314 e. The second-order valence-corrected chi connectivity index (χ2v) is 6.64. The number of benzene rings is 1. The molecule has 1 aromatic rings. The zero-order valence-electron chi connectivity index (χ0n) is 12.8. The number of carboxylic acid groups (broad SMARTS) is 1. The maximum Gasteiger partial charge on any atom is 0.314 e. The van der Waals surface area contributed by atoms with Gasteiger partial charge in [-0.2, -0.15) is 11.8 Å². The van der Waals surface area contributed by atoms with Crippen LogP contribution in [0.15, 0.2) is 30.3 Å². The van der Waals surface area contributed by atoms with Gasteiger partial charge in [0.25, 0.3) is 0 Å². The molecule has 0 saturated carbocycles. The van der Waals surface area contributed by atoms with Gasteiger partial charge in [0.2, 0.25) is 5.91 Å². The van der Waals surface area contributed by atoms with E-state index in [-0.39, 0.29) is 12.3 Å². The van der Waals surface area contributed by atoms with Crippen LogP contribution in [0.5, 0.6) is 0 Å². The van der Waals surface area contributed by atoms with Crippen molar-refractivity contribution in [2.45, 2.75) is 37.4 Å². The van der Waals surface area contributed by atoms with Gasteiger partial charge in [-0.3, -0.25) is 9.59 Å². The highest BCUT2D eigenvalue weighted by molar-refractivity contribution is 7.99. The van der Waals surface area contributed by atoms with Crippen molar-refractivity contribution < 1.29 is 14.7 Å². The van der Waals surface area contributed by atoms with E-state index >= 15 is 0 Å². The Morgan fingerprint density at radius 2 is 1.95 bits per heavy atom. The Morgan fingerprint density at radius 1 is 1.33 bits per heavy atom. The molecule has 0 heterocycles. The fourth-order valence-corrected chi connectivity index (χ4v) is 2.38. The molecule has 21 heavy (non-hydrogen) atoms. The second-order valence-electron chi connectivity index (χ2n) is 5.37. The third kappa shape index (κ3) is 5.08. The molecular weight excluding hydrogens is 286 g/mol. The highest BCUT2D eigenvalue weighted by Gasteiger charge is 2.37. The lowest BCUT2D eigenvalue weighted by atomic mass is 9.79. The summed E-state index contributed by atoms with van der Waals surface area (Å²) < 4.78 is 0. The lowest BCUT2D eigenvalue weighted by molar-refractivity contribution is -0.145. The van der Waals surface area contributed by atoms with Crippen LogP contribution in [-0.2, 0) is 15.0 Å². The van der Waals surface area contributed by atoms with E-state index in [1.165, 1.54) is 0 Å². The number of aliphatic carboxylic acids is 1. The second kappa shape index (κ2) is 8.08. The number of carbonyl (C=O) groups is 2. The molecule has 0 aliphatic rings. The molecule has 1 amide bonds. The van der Waals surface area contributed by atoms with Crippen molar-refractivity contribution in [2.75, 3.05) is 12.8 Å². The number of nitrogens with one attached hydrogen (secondary N) is 1. The summed E-state index contributed by atoms with van der Waals surface area (Å²) in [7, 11) is 0. The molecule has 0 spiro atoms. The first-order chi connectivity index (χ1) is 9.90. The molecule has 0 radical (unpaired) electrons. The Balaban J connectivity index is 2.67. The van der Waals surface area contributed by atoms with E-state index in [4.69, 9.17) is 0 Å². The average molecular weight is 309 g/mol. The molecule has 1 aromatic carbocycles. The molecule has 2 atom stereocenters. The molecule has 0 bridgehead atoms. The van der Waals surface area contributed by atoms with Crippen LogP contribution in [-0.4, -0.2) is 35.0 Å². The average Bonchev–Trinajstić information content (AvgIpc) is 2.47. The van der Waals surface area contributed by atoms with Crippen LogP contribution in [0.3, 0.4) is 0 Å². The normalized spacial score (nSPS) is 15.0. The lowest BCUT2D eigenvalue weighted by Gasteiger charge is -2.24. The highest BCUT2D eigenvalue weighted by atomic mass is 32.2. The summed E-state index contributed by atoms with van der Waals surface area (Å²) in [5.41, 5.74) is -0.554. The summed E-state index contributed by atoms with van der Waals surface area (Å²) in [5.74, 6) is -1.21. The van der Waals surface area contributed by atoms with Gasteiger partial charge in [-0.15, -0.1) is 0 Å². The molecule has 0 aliphatic heterocycles. The molecule has 0 fully saturated rings. The summed E-state index contributed by atoms with van der Waals surface area (Å²) in [6.45, 7) is 4.27. The van der Waals surface area contributed by atoms with Gasteiger partial charge >= 0.3 is 5.97 Å². The van der Waals surface area contributed by atoms with E-state index in [1.54, 1.807) is 43.0 Å². The van der Waals surface area contributed by atoms with Crippen molar-refractivity contribution in [2.24, 2.45) is 0 Å². The van der Waals surface area contributed by atoms with Gasteiger partial charge in [0, 0.05) is 18.2 Å². The van der Waals surface area contributed by atoms with Crippen LogP contribution in [0.4, 0.5) is 0 Å². The van der Waals surface area contributed by atoms with Gasteiger partial charge in [0.15, 0.2) is 0 Å². The SMILES string of the molecule is CSC(C)CCNC(=O)CC(C)(C(=O)O)c1ccccc1. The number of amides is 1. The first kappa shape index (κ1) is 17.6. The molecular formula is C16H23NO3S. The minimum Gasteiger partial charge on any atom is -0.481 e. The summed E-state index contributed by atoms with van der Waals surface area (Å²) in [6.07, 6.45) is 2.85. The Morgan fingerprint density at radius 3 is 2.48 bits per heavy atom. The van der Waals surface area contributed by atoms with E-state index in [0.717, 1.165) is 6.42 Å². The Hall–Kier alpha value is -1.49. The van der Waals surface area contributed by atoms with Gasteiger partial charge in [-0.05, 0) is 25.2 Å². The predicted octanol–water partition coefficient (Wildman–Crippen LogP) is 2.68. The summed E-state index contributed by atoms with van der Waals surface area (Å²) in [6, 6.07) is 8.90. The van der Waals surface area contributed by atoms with Gasteiger partial charge in [-0.25, -0.2) is 0 Å². The summed E-state index contributed by atoms with van der Waals surface area (Å²) >= 11 is 1.75. The topological polar surface area (TPSA) is 66.4 Å². The van der Waals surface area contributed by atoms with E-state index in [2.05, 4.69) is 12.2 Å². The Kier molecular flexibility index (Phi) is 6.75. The van der Waals surface area contributed by atoms with E-state index in [1.807, 2.05) is 12.3 Å². The minimum absolute atomic E-state index is 0.0556. The van der Waals surface area contributed by atoms with Crippen LogP contribution >= 0.6 is 11.8 Å². The van der Waals surface area contributed by atoms with Crippen molar-refractivity contribution in [3.63, 3.8) is 0 Å². The monoisotopic (exact) mass is 309 g/mol. The maximum atomic E-state index is 12.0. The first-order valence-electron chi connectivity index (χ1n) is 6.98. The number of rotatable bonds is 8. The maximum absolute atomic E-state index is 12.0. The largest absolute Gasteiger partial charge is 0.481 e. The van der Waals surface area contributed by atoms with Crippen molar-refractivity contribution in [1.82, 2.24) is 5.32 Å². The van der Waals surface area contributed by atoms with Crippen LogP contribution in [0.2, 0.25) is 0 Å². The standard InChI is InChI=1S/C16H23NO3S/c1-12(21-3)9-10-17-14(18)11-16(2,15(19)20)13-7-5-4-6-8-13/h4-8,12H,9-11H2,1-3H3,(H,17,18)(H,19,20). The number of hydrogen-bond acceptors (Lipinski definition) is 3. The van der Waals surface area contributed by atoms with Crippen molar-refractivity contribution >= 4 is 23.6 Å². The molecule has 1 rings (SSSR count). The Labute approximate surface area is 130 Å². The molecule has 116 valence electrons. The zero-order valence-corrected chi connectivity index (χ0v) is 13.6. The minimum atomic E-state index is -1.20. The third-order valence-corrected chi connectivity index (χ3v) is 4.71. The van der Waals surface area contributed by atoms with Crippen LogP contribution in [0, 0.1) is 0 Å². The van der Waals surface area contributed by atoms with Gasteiger partial charge in [0.05, 0.1) is 5.41 Å². The van der Waals surface area contributed by atoms with Crippen LogP contribution < -0.4 is 5.32 Å². The molecule has 5 heteroatoms. The number of carboxylic acids is 1. The molecule has 2 unspecified atom stereocenters. The fourth-order valence-electron chi connectivity index (χ4n) is 2.02. The predicted molar refractivity (Wildman–Crippen MR) is 86.7 cm³/mol. The van der Waals surface area contributed by atoms with Gasteiger partial charge < -0.3 is 10.4 Å². The zero-order chi connectivity index (χ0) is 15.9. The van der Waals surface area contributed by atoms with Crippen LogP contribution in [0.1, 0.15) is 32.3 Å². The number of thioether (sulfide) groups is 1. The molecule has 0 aliphatic carbocycles. The molecule has 4 nitrogen and oxygen atoms in total. The molecule has 2 N–H and O–H groups in total. The number of hydrogen-bond donors (Lipinski definition) is 2. The van der Waals surface area contributed by atoms with E-state index in [0.29, 0.717) is 17.4 Å². The molecule has 0 aromatic heterocycles. The Bertz CT molecular complexity index is 478. The van der Waals surface area contributed by atoms with E-state index < -0.39 is 11.4 Å². The van der Waals surface area contributed by atoms with Gasteiger partial charge in [0.1, 0.15) is 0 Å². The summed E-state index contributed by atoms with van der Waals surface area (Å²) in [4.78, 5) is 23.6. The third-order valence-electron chi connectivity index (χ3n) is 3.67. The van der Waals surface area contributed by atoms with Crippen LogP contribution in [0.25, 0.3) is 0 Å². The van der Waals surface area contributed by atoms with Crippen molar-refractivity contribution in [1.29, 1.82) is 0 Å². The fraction of sp³-hybridized carbons (Fsp3) is 0.500. The lowest BCUT2D eigenvalue weighted by Crippen LogP contribution is -2.39. The van der Waals surface area contributed by atoms with Crippen molar-refractivity contribution in [3.05, 3.63) is 35.9 Å². The van der Waals surface area contributed by atoms with Crippen molar-refractivity contribution in [3.8, 4) is 0 Å². The summed E-state index contributed by atoms with van der Waals surface area (Å²) in [5, 5.41) is 12.8. The quantitative estimate of drug-likeness (QED) is 0.775. The molecule has 0 saturated heterocycles. The number of carbonyl (C=O) groups excluding carboxylic acids is 1.